The van der Waals surface area contributed by atoms with Gasteiger partial charge < -0.3 is 4.74 Å². The summed E-state index contributed by atoms with van der Waals surface area (Å²) < 4.78 is 44.6. The van der Waals surface area contributed by atoms with Gasteiger partial charge >= 0.3 is 12.1 Å². The normalized spacial score (nSPS) is 11.4. The summed E-state index contributed by atoms with van der Waals surface area (Å²) in [6.45, 7) is 5.22. The van der Waals surface area contributed by atoms with Gasteiger partial charge in [-0.2, -0.15) is 18.3 Å². The average Bonchev–Trinajstić information content (AvgIpc) is 3.33. The highest BCUT2D eigenvalue weighted by Crippen LogP contribution is 2.29. The summed E-state index contributed by atoms with van der Waals surface area (Å²) in [6, 6.07) is 2.06. The quantitative estimate of drug-likeness (QED) is 0.528. The van der Waals surface area contributed by atoms with Crippen LogP contribution in [0.5, 0.6) is 0 Å². The molecule has 0 unspecified atom stereocenters. The fraction of sp³-hybridized carbons (Fsp3) is 0.316. The number of alkyl halides is 3. The number of ether oxygens (including phenoxy) is 1. The van der Waals surface area contributed by atoms with Crippen LogP contribution in [-0.4, -0.2) is 38.2 Å². The molecule has 0 fully saturated rings. The Hall–Kier alpha value is -3.28. The molecule has 0 aliphatic heterocycles. The molecular weight excluding hydrogens is 435 g/mol. The third-order valence-electron chi connectivity index (χ3n) is 4.34. The Kier molecular flexibility index (Phi) is 6.39. The van der Waals surface area contributed by atoms with E-state index in [1.54, 1.807) is 12.3 Å². The summed E-state index contributed by atoms with van der Waals surface area (Å²) in [5.41, 5.74) is 0.123. The lowest BCUT2D eigenvalue weighted by Crippen LogP contribution is -2.27. The Labute approximate surface area is 179 Å². The van der Waals surface area contributed by atoms with Crippen molar-refractivity contribution in [2.45, 2.75) is 33.6 Å². The van der Waals surface area contributed by atoms with Crippen molar-refractivity contribution in [1.29, 1.82) is 0 Å². The molecule has 3 rings (SSSR count). The number of anilines is 1. The number of amides is 1. The number of thiazole rings is 1. The van der Waals surface area contributed by atoms with Crippen molar-refractivity contribution in [1.82, 2.24) is 19.7 Å². The molecule has 3 aromatic rings. The molecule has 31 heavy (non-hydrogen) atoms. The Bertz CT molecular complexity index is 1090. The molecule has 0 atom stereocenters. The van der Waals surface area contributed by atoms with Gasteiger partial charge in [-0.05, 0) is 26.0 Å². The number of carbonyl (C=O) groups excluding carboxylic acids is 2. The predicted octanol–water partition coefficient (Wildman–Crippen LogP) is 3.78. The second kappa shape index (κ2) is 8.84. The van der Waals surface area contributed by atoms with Gasteiger partial charge in [0.15, 0.2) is 10.9 Å². The maximum atomic E-state index is 12.7. The standard InChI is InChI=1S/C19H18F3N5O3S/c1-4-26(12(3)28)18-25-14(10-31-18)9-30-17(29)15-8-24-27(11(15)2)16-6-5-13(7-23-16)19(20,21)22/h5-8,10H,4,9H2,1-3H3. The molecule has 1 amide bonds. The molecular formula is C19H18F3N5O3S. The predicted molar refractivity (Wildman–Crippen MR) is 106 cm³/mol. The fourth-order valence-electron chi connectivity index (χ4n) is 2.72. The number of carbonyl (C=O) groups is 2. The van der Waals surface area contributed by atoms with Crippen LogP contribution in [0.1, 0.15) is 41.2 Å². The first-order valence-corrected chi connectivity index (χ1v) is 9.97. The molecule has 3 aromatic heterocycles. The monoisotopic (exact) mass is 453 g/mol. The van der Waals surface area contributed by atoms with Crippen LogP contribution in [-0.2, 0) is 22.3 Å². The van der Waals surface area contributed by atoms with Gasteiger partial charge in [0.05, 0.1) is 23.1 Å². The summed E-state index contributed by atoms with van der Waals surface area (Å²) in [5.74, 6) is -0.665. The molecule has 0 saturated carbocycles. The maximum Gasteiger partial charge on any atom is 0.417 e. The van der Waals surface area contributed by atoms with Crippen LogP contribution >= 0.6 is 11.3 Å². The molecule has 0 N–H and O–H groups in total. The number of rotatable bonds is 6. The Balaban J connectivity index is 1.69. The van der Waals surface area contributed by atoms with E-state index in [0.29, 0.717) is 29.3 Å². The lowest BCUT2D eigenvalue weighted by molar-refractivity contribution is -0.137. The largest absolute Gasteiger partial charge is 0.455 e. The number of halogens is 3. The Morgan fingerprint density at radius 3 is 2.58 bits per heavy atom. The molecule has 0 aliphatic carbocycles. The molecule has 0 aliphatic rings. The van der Waals surface area contributed by atoms with Crippen LogP contribution in [0.2, 0.25) is 0 Å². The molecule has 0 spiro atoms. The zero-order chi connectivity index (χ0) is 22.8. The third-order valence-corrected chi connectivity index (χ3v) is 5.25. The zero-order valence-corrected chi connectivity index (χ0v) is 17.6. The van der Waals surface area contributed by atoms with Crippen LogP contribution in [0.3, 0.4) is 0 Å². The van der Waals surface area contributed by atoms with Crippen molar-refractivity contribution in [3.63, 3.8) is 0 Å². The van der Waals surface area contributed by atoms with Gasteiger partial charge in [0, 0.05) is 25.0 Å². The van der Waals surface area contributed by atoms with Crippen molar-refractivity contribution in [2.75, 3.05) is 11.4 Å². The van der Waals surface area contributed by atoms with Gasteiger partial charge in [-0.15, -0.1) is 11.3 Å². The van der Waals surface area contributed by atoms with Gasteiger partial charge in [0.1, 0.15) is 12.2 Å². The number of esters is 1. The maximum absolute atomic E-state index is 12.7. The highest BCUT2D eigenvalue weighted by atomic mass is 32.1. The number of pyridine rings is 1. The van der Waals surface area contributed by atoms with Crippen molar-refractivity contribution in [3.8, 4) is 5.82 Å². The zero-order valence-electron chi connectivity index (χ0n) is 16.8. The first kappa shape index (κ1) is 22.4. The van der Waals surface area contributed by atoms with E-state index in [2.05, 4.69) is 15.1 Å². The topological polar surface area (TPSA) is 90.2 Å². The minimum absolute atomic E-state index is 0.103. The first-order chi connectivity index (χ1) is 14.6. The molecule has 0 saturated heterocycles. The van der Waals surface area contributed by atoms with Crippen LogP contribution in [0.4, 0.5) is 18.3 Å². The number of aromatic nitrogens is 4. The van der Waals surface area contributed by atoms with E-state index in [-0.39, 0.29) is 23.9 Å². The van der Waals surface area contributed by atoms with Crippen molar-refractivity contribution in [3.05, 3.63) is 52.4 Å². The van der Waals surface area contributed by atoms with Gasteiger partial charge in [0.25, 0.3) is 0 Å². The summed E-state index contributed by atoms with van der Waals surface area (Å²) in [6.07, 6.45) is -2.53. The van der Waals surface area contributed by atoms with Crippen LogP contribution < -0.4 is 4.90 Å². The van der Waals surface area contributed by atoms with E-state index in [0.717, 1.165) is 6.07 Å². The van der Waals surface area contributed by atoms with Gasteiger partial charge in [-0.1, -0.05) is 0 Å². The molecule has 8 nitrogen and oxygen atoms in total. The van der Waals surface area contributed by atoms with Crippen molar-refractivity contribution < 1.29 is 27.5 Å². The number of hydrogen-bond acceptors (Lipinski definition) is 7. The summed E-state index contributed by atoms with van der Waals surface area (Å²) >= 11 is 1.26. The van der Waals surface area contributed by atoms with E-state index in [1.807, 2.05) is 6.92 Å². The van der Waals surface area contributed by atoms with Crippen LogP contribution in [0.15, 0.2) is 29.9 Å². The minimum atomic E-state index is -4.49. The van der Waals surface area contributed by atoms with Gasteiger partial charge in [-0.25, -0.2) is 19.4 Å². The summed E-state index contributed by atoms with van der Waals surface area (Å²) in [7, 11) is 0. The first-order valence-electron chi connectivity index (χ1n) is 9.09. The Morgan fingerprint density at radius 2 is 2.00 bits per heavy atom. The highest BCUT2D eigenvalue weighted by Gasteiger charge is 2.31. The average molecular weight is 453 g/mol. The van der Waals surface area contributed by atoms with Gasteiger partial charge in [-0.3, -0.25) is 9.69 Å². The smallest absolute Gasteiger partial charge is 0.417 e. The minimum Gasteiger partial charge on any atom is -0.455 e. The third kappa shape index (κ3) is 4.90. The fourth-order valence-corrected chi connectivity index (χ4v) is 3.63. The van der Waals surface area contributed by atoms with E-state index in [9.17, 15) is 22.8 Å². The van der Waals surface area contributed by atoms with E-state index >= 15 is 0 Å². The molecule has 3 heterocycles. The summed E-state index contributed by atoms with van der Waals surface area (Å²) in [5, 5.41) is 6.23. The van der Waals surface area contributed by atoms with Crippen molar-refractivity contribution >= 4 is 28.3 Å². The van der Waals surface area contributed by atoms with E-state index < -0.39 is 17.7 Å². The van der Waals surface area contributed by atoms with Crippen LogP contribution in [0, 0.1) is 6.92 Å². The molecule has 0 aromatic carbocycles. The van der Waals surface area contributed by atoms with Crippen molar-refractivity contribution in [2.24, 2.45) is 0 Å². The van der Waals surface area contributed by atoms with E-state index in [1.165, 1.54) is 40.1 Å². The molecule has 0 bridgehead atoms. The molecule has 12 heteroatoms. The van der Waals surface area contributed by atoms with Crippen LogP contribution in [0.25, 0.3) is 5.82 Å². The second-order valence-electron chi connectivity index (χ2n) is 6.42. The lowest BCUT2D eigenvalue weighted by Gasteiger charge is -2.14. The SMILES string of the molecule is CCN(C(C)=O)c1nc(COC(=O)c2cnn(-c3ccc(C(F)(F)F)cn3)c2C)cs1. The molecule has 164 valence electrons. The highest BCUT2D eigenvalue weighted by molar-refractivity contribution is 7.14. The number of nitrogens with zero attached hydrogens (tertiary/aromatic N) is 5. The molecule has 0 radical (unpaired) electrons. The van der Waals surface area contributed by atoms with E-state index in [4.69, 9.17) is 4.74 Å². The Morgan fingerprint density at radius 1 is 1.26 bits per heavy atom. The second-order valence-corrected chi connectivity index (χ2v) is 7.26. The lowest BCUT2D eigenvalue weighted by atomic mass is 10.2. The van der Waals surface area contributed by atoms with Gasteiger partial charge in [0.2, 0.25) is 5.91 Å². The number of hydrogen-bond donors (Lipinski definition) is 0. The summed E-state index contributed by atoms with van der Waals surface area (Å²) in [4.78, 5) is 33.6.